The van der Waals surface area contributed by atoms with Gasteiger partial charge in [0.1, 0.15) is 0 Å². The van der Waals surface area contributed by atoms with Crippen molar-refractivity contribution < 1.29 is 19.1 Å². The molecule has 0 fully saturated rings. The molecule has 0 aliphatic heterocycles. The van der Waals surface area contributed by atoms with Gasteiger partial charge < -0.3 is 20.3 Å². The van der Waals surface area contributed by atoms with E-state index in [-0.39, 0.29) is 54.6 Å². The molecule has 0 aromatic heterocycles. The molecule has 0 aliphatic rings. The second-order valence-corrected chi connectivity index (χ2v) is 7.90. The highest BCUT2D eigenvalue weighted by atomic mass is 16.5. The summed E-state index contributed by atoms with van der Waals surface area (Å²) in [5, 5.41) is 5.35. The van der Waals surface area contributed by atoms with E-state index in [0.29, 0.717) is 0 Å². The first-order valence-corrected chi connectivity index (χ1v) is 9.94. The molecule has 0 aromatic carbocycles. The lowest BCUT2D eigenvalue weighted by Gasteiger charge is -2.37. The highest BCUT2D eigenvalue weighted by Gasteiger charge is 2.34. The Kier molecular flexibility index (Phi) is 12.0. The molecular formula is C20H40N4O4. The lowest BCUT2D eigenvalue weighted by molar-refractivity contribution is -0.140. The summed E-state index contributed by atoms with van der Waals surface area (Å²) in [7, 11) is 8.52. The summed E-state index contributed by atoms with van der Waals surface area (Å²) in [6.45, 7) is 7.92. The molecule has 0 rings (SSSR count). The molecule has 28 heavy (non-hydrogen) atoms. The maximum atomic E-state index is 12.8. The third kappa shape index (κ3) is 7.75. The van der Waals surface area contributed by atoms with Crippen molar-refractivity contribution in [1.82, 2.24) is 20.4 Å². The fourth-order valence-corrected chi connectivity index (χ4v) is 3.56. The third-order valence-electron chi connectivity index (χ3n) is 5.29. The predicted octanol–water partition coefficient (Wildman–Crippen LogP) is 0.713. The second-order valence-electron chi connectivity index (χ2n) is 7.90. The summed E-state index contributed by atoms with van der Waals surface area (Å²) < 4.78 is 5.56. The standard InChI is InChI=1S/C20H40N4O4/c1-10-14(4)19(15(28-9)11-16(25)21-5)24(8)17(26)12-22-20(27)18(13(2)3)23(6)7/h13-15,18-19H,10-12H2,1-9H3,(H,21,25)(H,22,27)/t14-,15+,18-,19-/m0/s1. The molecule has 0 radical (unpaired) electrons. The van der Waals surface area contributed by atoms with Crippen molar-refractivity contribution in [3.8, 4) is 0 Å². The number of ether oxygens (including phenoxy) is 1. The summed E-state index contributed by atoms with van der Waals surface area (Å²) in [5.41, 5.74) is 0. The maximum Gasteiger partial charge on any atom is 0.242 e. The molecule has 0 unspecified atom stereocenters. The highest BCUT2D eigenvalue weighted by Crippen LogP contribution is 2.21. The van der Waals surface area contributed by atoms with Crippen LogP contribution in [0.25, 0.3) is 0 Å². The number of methoxy groups -OCH3 is 1. The van der Waals surface area contributed by atoms with Crippen molar-refractivity contribution in [2.75, 3.05) is 41.8 Å². The molecule has 0 bridgehead atoms. The van der Waals surface area contributed by atoms with Crippen LogP contribution in [0.4, 0.5) is 0 Å². The number of likely N-dealkylation sites (N-methyl/N-ethyl adjacent to an activating group) is 2. The predicted molar refractivity (Wildman–Crippen MR) is 111 cm³/mol. The Bertz CT molecular complexity index is 502. The van der Waals surface area contributed by atoms with E-state index < -0.39 is 6.10 Å². The monoisotopic (exact) mass is 400 g/mol. The number of hydrogen-bond donors (Lipinski definition) is 2. The van der Waals surface area contributed by atoms with E-state index in [2.05, 4.69) is 10.6 Å². The van der Waals surface area contributed by atoms with E-state index in [1.165, 1.54) is 0 Å². The van der Waals surface area contributed by atoms with Crippen molar-refractivity contribution in [1.29, 1.82) is 0 Å². The summed E-state index contributed by atoms with van der Waals surface area (Å²) >= 11 is 0. The van der Waals surface area contributed by atoms with Crippen molar-refractivity contribution >= 4 is 17.7 Å². The zero-order valence-electron chi connectivity index (χ0n) is 19.0. The number of nitrogens with one attached hydrogen (secondary N) is 2. The van der Waals surface area contributed by atoms with Crippen molar-refractivity contribution in [3.05, 3.63) is 0 Å². The van der Waals surface area contributed by atoms with Crippen LogP contribution in [0, 0.1) is 11.8 Å². The Balaban J connectivity index is 5.22. The quantitative estimate of drug-likeness (QED) is 0.504. The third-order valence-corrected chi connectivity index (χ3v) is 5.29. The highest BCUT2D eigenvalue weighted by molar-refractivity contribution is 5.87. The van der Waals surface area contributed by atoms with Crippen LogP contribution < -0.4 is 10.6 Å². The molecule has 4 atom stereocenters. The van der Waals surface area contributed by atoms with Crippen LogP contribution in [0.3, 0.4) is 0 Å². The van der Waals surface area contributed by atoms with Gasteiger partial charge in [-0.3, -0.25) is 19.3 Å². The first-order valence-electron chi connectivity index (χ1n) is 9.94. The van der Waals surface area contributed by atoms with E-state index >= 15 is 0 Å². The number of amides is 3. The Hall–Kier alpha value is -1.67. The minimum Gasteiger partial charge on any atom is -0.379 e. The first kappa shape index (κ1) is 26.3. The summed E-state index contributed by atoms with van der Waals surface area (Å²) in [6.07, 6.45) is 0.574. The Morgan fingerprint density at radius 1 is 1.07 bits per heavy atom. The lowest BCUT2D eigenvalue weighted by atomic mass is 9.91. The van der Waals surface area contributed by atoms with Gasteiger partial charge in [0.05, 0.1) is 31.2 Å². The molecule has 8 heteroatoms. The lowest BCUT2D eigenvalue weighted by Crippen LogP contribution is -2.54. The van der Waals surface area contributed by atoms with Crippen LogP contribution in [0.15, 0.2) is 0 Å². The normalized spacial score (nSPS) is 15.7. The minimum atomic E-state index is -0.426. The largest absolute Gasteiger partial charge is 0.379 e. The van der Waals surface area contributed by atoms with Gasteiger partial charge >= 0.3 is 0 Å². The SMILES string of the molecule is CC[C@H](C)[C@@H]([C@@H](CC(=O)NC)OC)N(C)C(=O)CNC(=O)[C@H](C(C)C)N(C)C. The molecule has 3 amide bonds. The summed E-state index contributed by atoms with van der Waals surface area (Å²) in [6, 6.07) is -0.574. The number of hydrogen-bond acceptors (Lipinski definition) is 5. The molecule has 0 spiro atoms. The van der Waals surface area contributed by atoms with E-state index in [9.17, 15) is 14.4 Å². The fourth-order valence-electron chi connectivity index (χ4n) is 3.56. The van der Waals surface area contributed by atoms with Gasteiger partial charge in [-0.05, 0) is 25.9 Å². The van der Waals surface area contributed by atoms with Crippen LogP contribution in [-0.2, 0) is 19.1 Å². The van der Waals surface area contributed by atoms with Gasteiger partial charge in [-0.25, -0.2) is 0 Å². The topological polar surface area (TPSA) is 91.0 Å². The van der Waals surface area contributed by atoms with Crippen LogP contribution in [0.1, 0.15) is 40.5 Å². The molecule has 8 nitrogen and oxygen atoms in total. The first-order chi connectivity index (χ1) is 13.0. The van der Waals surface area contributed by atoms with Gasteiger partial charge in [-0.1, -0.05) is 34.1 Å². The van der Waals surface area contributed by atoms with Gasteiger partial charge in [0.15, 0.2) is 0 Å². The van der Waals surface area contributed by atoms with Crippen molar-refractivity contribution in [2.24, 2.45) is 11.8 Å². The molecule has 0 aromatic rings. The van der Waals surface area contributed by atoms with Gasteiger partial charge in [-0.15, -0.1) is 0 Å². The number of rotatable bonds is 12. The number of carbonyl (C=O) groups excluding carboxylic acids is 3. The van der Waals surface area contributed by atoms with Gasteiger partial charge in [0, 0.05) is 21.2 Å². The van der Waals surface area contributed by atoms with E-state index in [0.717, 1.165) is 6.42 Å². The molecule has 0 saturated heterocycles. The smallest absolute Gasteiger partial charge is 0.242 e. The Morgan fingerprint density at radius 3 is 2.04 bits per heavy atom. The Morgan fingerprint density at radius 2 is 1.64 bits per heavy atom. The van der Waals surface area contributed by atoms with Crippen molar-refractivity contribution in [3.63, 3.8) is 0 Å². The Labute approximate surface area is 170 Å². The zero-order valence-corrected chi connectivity index (χ0v) is 19.0. The average molecular weight is 401 g/mol. The second kappa shape index (κ2) is 12.7. The van der Waals surface area contributed by atoms with Crippen LogP contribution in [-0.4, -0.2) is 87.6 Å². The van der Waals surface area contributed by atoms with E-state index in [1.54, 1.807) is 26.1 Å². The molecule has 2 N–H and O–H groups in total. The van der Waals surface area contributed by atoms with Gasteiger partial charge in [0.2, 0.25) is 17.7 Å². The van der Waals surface area contributed by atoms with E-state index in [1.807, 2.05) is 46.7 Å². The summed E-state index contributed by atoms with van der Waals surface area (Å²) in [4.78, 5) is 40.6. The fraction of sp³-hybridized carbons (Fsp3) is 0.850. The number of nitrogens with zero attached hydrogens (tertiary/aromatic N) is 2. The molecule has 0 heterocycles. The van der Waals surface area contributed by atoms with Crippen LogP contribution in [0.5, 0.6) is 0 Å². The molecule has 0 aliphatic carbocycles. The zero-order chi connectivity index (χ0) is 22.0. The van der Waals surface area contributed by atoms with Gasteiger partial charge in [-0.2, -0.15) is 0 Å². The summed E-state index contributed by atoms with van der Waals surface area (Å²) in [5.74, 6) is -0.264. The average Bonchev–Trinajstić information content (AvgIpc) is 2.63. The maximum absolute atomic E-state index is 12.8. The van der Waals surface area contributed by atoms with Gasteiger partial charge in [0.25, 0.3) is 0 Å². The van der Waals surface area contributed by atoms with Crippen molar-refractivity contribution in [2.45, 2.75) is 58.7 Å². The molecule has 164 valence electrons. The van der Waals surface area contributed by atoms with Crippen LogP contribution in [0.2, 0.25) is 0 Å². The molecule has 0 saturated carbocycles. The molecular weight excluding hydrogens is 360 g/mol. The number of carbonyl (C=O) groups is 3. The van der Waals surface area contributed by atoms with E-state index in [4.69, 9.17) is 4.74 Å². The van der Waals surface area contributed by atoms with Crippen LogP contribution >= 0.6 is 0 Å². The minimum absolute atomic E-state index is 0.0876.